The van der Waals surface area contributed by atoms with Crippen molar-refractivity contribution in [2.75, 3.05) is 30.7 Å². The van der Waals surface area contributed by atoms with Gasteiger partial charge in [-0.05, 0) is 81.2 Å². The first-order chi connectivity index (χ1) is 25.2. The third-order valence-corrected chi connectivity index (χ3v) is 11.2. The minimum atomic E-state index is -0.982. The van der Waals surface area contributed by atoms with Crippen LogP contribution in [0.3, 0.4) is 0 Å². The molecule has 5 N–H and O–H groups in total. The number of piperidine rings is 2. The van der Waals surface area contributed by atoms with E-state index in [0.717, 1.165) is 67.6 Å². The van der Waals surface area contributed by atoms with Gasteiger partial charge in [0.15, 0.2) is 5.82 Å². The summed E-state index contributed by atoms with van der Waals surface area (Å²) in [5.41, 5.74) is 10.1. The van der Waals surface area contributed by atoms with Gasteiger partial charge in [-0.3, -0.25) is 34.1 Å². The summed E-state index contributed by atoms with van der Waals surface area (Å²) in [5, 5.41) is 29.1. The summed E-state index contributed by atoms with van der Waals surface area (Å²) in [6.45, 7) is 2.69. The van der Waals surface area contributed by atoms with Gasteiger partial charge in [0.25, 0.3) is 11.8 Å². The van der Waals surface area contributed by atoms with Crippen LogP contribution < -0.4 is 16.4 Å². The predicted octanol–water partition coefficient (Wildman–Crippen LogP) is 4.00. The molecule has 14 nitrogen and oxygen atoms in total. The maximum Gasteiger partial charge on any atom is 0.264 e. The number of likely N-dealkylation sites (tertiary alicyclic amines) is 1. The van der Waals surface area contributed by atoms with E-state index in [4.69, 9.17) is 10.8 Å². The van der Waals surface area contributed by atoms with Crippen molar-refractivity contribution in [1.29, 1.82) is 0 Å². The molecule has 2 saturated heterocycles. The SMILES string of the molecule is Nc1nnc(-c2ccccc2O)cc1-c1cnn(C2CCN(C3CCC(CNc4cccc5c4C(=O)N(C4CCC(=O)NC4=O)C5=O)CC3)CC2)c1. The first-order valence-corrected chi connectivity index (χ1v) is 18.0. The van der Waals surface area contributed by atoms with Crippen LogP contribution in [0.2, 0.25) is 0 Å². The third kappa shape index (κ3) is 6.27. The maximum atomic E-state index is 13.5. The van der Waals surface area contributed by atoms with Crippen LogP contribution in [0.4, 0.5) is 11.5 Å². The standard InChI is InChI=1S/C38H41N9O5/c39-35-28(18-30(43-44-35)26-4-1-2-7-32(26)48)23-20-41-46(21-23)25-14-16-45(17-15-25)24-10-8-22(9-11-24)19-40-29-6-3-5-27-34(29)38(52)47(37(27)51)31-12-13-33(49)42-36(31)50/h1-7,18,20-22,24-25,31,40,48H,8-17,19H2,(H2,39,44)(H,42,49,50). The fourth-order valence-corrected chi connectivity index (χ4v) is 8.28. The Morgan fingerprint density at radius 3 is 2.38 bits per heavy atom. The van der Waals surface area contributed by atoms with E-state index in [2.05, 4.69) is 25.7 Å². The van der Waals surface area contributed by atoms with Crippen molar-refractivity contribution >= 4 is 35.1 Å². The van der Waals surface area contributed by atoms with Crippen LogP contribution in [0.1, 0.15) is 78.1 Å². The van der Waals surface area contributed by atoms with E-state index in [-0.39, 0.29) is 30.2 Å². The van der Waals surface area contributed by atoms with Crippen LogP contribution in [-0.2, 0) is 9.59 Å². The number of carbonyl (C=O) groups is 4. The minimum Gasteiger partial charge on any atom is -0.507 e. The summed E-state index contributed by atoms with van der Waals surface area (Å²) in [4.78, 5) is 54.4. The van der Waals surface area contributed by atoms with Gasteiger partial charge in [0, 0.05) is 60.7 Å². The van der Waals surface area contributed by atoms with Crippen molar-refractivity contribution in [3.63, 3.8) is 0 Å². The van der Waals surface area contributed by atoms with Gasteiger partial charge in [0.05, 0.1) is 29.1 Å². The number of carbonyl (C=O) groups excluding carboxylic acids is 4. The molecule has 1 atom stereocenters. The van der Waals surface area contributed by atoms with Crippen molar-refractivity contribution < 1.29 is 24.3 Å². The van der Waals surface area contributed by atoms with Crippen LogP contribution in [0.25, 0.3) is 22.4 Å². The first-order valence-electron chi connectivity index (χ1n) is 18.0. The maximum absolute atomic E-state index is 13.5. The Bertz CT molecular complexity index is 2050. The van der Waals surface area contributed by atoms with Crippen molar-refractivity contribution in [2.24, 2.45) is 5.92 Å². The Labute approximate surface area is 300 Å². The van der Waals surface area contributed by atoms with Gasteiger partial charge < -0.3 is 21.1 Å². The van der Waals surface area contributed by atoms with Gasteiger partial charge >= 0.3 is 0 Å². The molecule has 1 unspecified atom stereocenters. The van der Waals surface area contributed by atoms with E-state index < -0.39 is 29.7 Å². The number of rotatable bonds is 8. The number of anilines is 2. The molecule has 8 rings (SSSR count). The van der Waals surface area contributed by atoms with Gasteiger partial charge in [0.1, 0.15) is 11.8 Å². The number of imide groups is 2. The number of para-hydroxylation sites is 1. The highest BCUT2D eigenvalue weighted by molar-refractivity contribution is 6.25. The fraction of sp³-hybridized carbons (Fsp3) is 0.395. The number of aromatic hydroxyl groups is 1. The fourth-order valence-electron chi connectivity index (χ4n) is 8.28. The Morgan fingerprint density at radius 1 is 0.846 bits per heavy atom. The number of hydrogen-bond acceptors (Lipinski definition) is 11. The van der Waals surface area contributed by atoms with Crippen LogP contribution >= 0.6 is 0 Å². The molecular weight excluding hydrogens is 662 g/mol. The summed E-state index contributed by atoms with van der Waals surface area (Å²) in [5.74, 6) is -1.11. The molecule has 3 aliphatic heterocycles. The molecule has 0 bridgehead atoms. The lowest BCUT2D eigenvalue weighted by Crippen LogP contribution is -2.54. The quantitative estimate of drug-likeness (QED) is 0.194. The summed E-state index contributed by atoms with van der Waals surface area (Å²) in [7, 11) is 0. The van der Waals surface area contributed by atoms with Crippen LogP contribution in [0.15, 0.2) is 60.9 Å². The summed E-state index contributed by atoms with van der Waals surface area (Å²) >= 11 is 0. The average Bonchev–Trinajstić information content (AvgIpc) is 3.75. The van der Waals surface area contributed by atoms with Gasteiger partial charge in [-0.1, -0.05) is 18.2 Å². The van der Waals surface area contributed by atoms with Crippen LogP contribution in [0, 0.1) is 5.92 Å². The van der Waals surface area contributed by atoms with Gasteiger partial charge in [0.2, 0.25) is 11.8 Å². The molecule has 4 aliphatic rings. The molecule has 52 heavy (non-hydrogen) atoms. The second-order valence-corrected chi connectivity index (χ2v) is 14.3. The van der Waals surface area contributed by atoms with Crippen molar-refractivity contribution in [3.05, 3.63) is 72.1 Å². The average molecular weight is 704 g/mol. The molecule has 2 aromatic heterocycles. The highest BCUT2D eigenvalue weighted by Gasteiger charge is 2.45. The summed E-state index contributed by atoms with van der Waals surface area (Å²) < 4.78 is 2.04. The zero-order valence-electron chi connectivity index (χ0n) is 28.7. The van der Waals surface area contributed by atoms with Gasteiger partial charge in [-0.2, -0.15) is 5.10 Å². The van der Waals surface area contributed by atoms with Crippen LogP contribution in [-0.4, -0.2) is 90.2 Å². The molecule has 3 fully saturated rings. The number of nitrogens with two attached hydrogens (primary N) is 1. The molecule has 1 aliphatic carbocycles. The Kier molecular flexibility index (Phi) is 8.91. The lowest BCUT2D eigenvalue weighted by atomic mass is 9.84. The first kappa shape index (κ1) is 33.5. The monoisotopic (exact) mass is 703 g/mol. The smallest absolute Gasteiger partial charge is 0.264 e. The summed E-state index contributed by atoms with van der Waals surface area (Å²) in [6, 6.07) is 13.9. The molecule has 268 valence electrons. The molecule has 2 aromatic carbocycles. The summed E-state index contributed by atoms with van der Waals surface area (Å²) in [6.07, 6.45) is 10.4. The number of amides is 4. The Balaban J connectivity index is 0.834. The number of nitrogens with zero attached hydrogens (tertiary/aromatic N) is 6. The molecule has 5 heterocycles. The number of fused-ring (bicyclic) bond motifs is 1. The number of benzene rings is 2. The second kappa shape index (κ2) is 13.8. The van der Waals surface area contributed by atoms with Gasteiger partial charge in [-0.25, -0.2) is 0 Å². The van der Waals surface area contributed by atoms with Crippen molar-refractivity contribution in [2.45, 2.75) is 69.5 Å². The largest absolute Gasteiger partial charge is 0.507 e. The highest BCUT2D eigenvalue weighted by atomic mass is 16.3. The molecule has 1 saturated carbocycles. The van der Waals surface area contributed by atoms with Crippen molar-refractivity contribution in [3.8, 4) is 28.1 Å². The lowest BCUT2D eigenvalue weighted by Gasteiger charge is -2.41. The molecular formula is C38H41N9O5. The molecule has 4 aromatic rings. The van der Waals surface area contributed by atoms with E-state index in [1.807, 2.05) is 35.3 Å². The van der Waals surface area contributed by atoms with E-state index in [0.29, 0.717) is 46.8 Å². The molecule has 4 amide bonds. The minimum absolute atomic E-state index is 0.0895. The number of phenolic OH excluding ortho intramolecular Hbond substituents is 1. The second-order valence-electron chi connectivity index (χ2n) is 14.3. The Hall–Kier alpha value is -5.63. The Morgan fingerprint density at radius 2 is 1.62 bits per heavy atom. The van der Waals surface area contributed by atoms with Gasteiger partial charge in [-0.15, -0.1) is 10.2 Å². The molecule has 0 radical (unpaired) electrons. The third-order valence-electron chi connectivity index (χ3n) is 11.2. The number of nitrogens with one attached hydrogen (secondary N) is 2. The number of phenols is 1. The molecule has 14 heteroatoms. The van der Waals surface area contributed by atoms with E-state index in [1.165, 1.54) is 0 Å². The van der Waals surface area contributed by atoms with Crippen LogP contribution in [0.5, 0.6) is 5.75 Å². The normalized spacial score (nSPS) is 22.8. The molecule has 0 spiro atoms. The van der Waals surface area contributed by atoms with E-state index >= 15 is 0 Å². The number of aromatic nitrogens is 4. The van der Waals surface area contributed by atoms with Crippen molar-refractivity contribution in [1.82, 2.24) is 35.1 Å². The topological polar surface area (TPSA) is 189 Å². The van der Waals surface area contributed by atoms with E-state index in [9.17, 15) is 24.3 Å². The lowest BCUT2D eigenvalue weighted by molar-refractivity contribution is -0.136. The zero-order valence-corrected chi connectivity index (χ0v) is 28.7. The number of nitrogen functional groups attached to an aromatic ring is 1. The number of hydrogen-bond donors (Lipinski definition) is 4. The predicted molar refractivity (Wildman–Crippen MR) is 192 cm³/mol. The highest BCUT2D eigenvalue weighted by Crippen LogP contribution is 2.36. The van der Waals surface area contributed by atoms with E-state index in [1.54, 1.807) is 30.3 Å². The zero-order chi connectivity index (χ0) is 35.9.